The van der Waals surface area contributed by atoms with Gasteiger partial charge < -0.3 is 10.6 Å². The van der Waals surface area contributed by atoms with E-state index in [0.717, 1.165) is 23.2 Å². The van der Waals surface area contributed by atoms with E-state index in [1.165, 1.54) is 0 Å². The lowest BCUT2D eigenvalue weighted by atomic mass is 10.1. The zero-order valence-electron chi connectivity index (χ0n) is 15.3. The SMILES string of the molecule is Cc1cccc(NC(=O)c2ccc(C(=O)NCCC(C)C)cc2)c1C. The van der Waals surface area contributed by atoms with E-state index in [-0.39, 0.29) is 11.8 Å². The molecule has 132 valence electrons. The summed E-state index contributed by atoms with van der Waals surface area (Å²) in [6, 6.07) is 12.5. The van der Waals surface area contributed by atoms with Gasteiger partial charge in [0, 0.05) is 23.4 Å². The molecule has 0 spiro atoms. The van der Waals surface area contributed by atoms with Crippen molar-refractivity contribution in [3.8, 4) is 0 Å². The first-order chi connectivity index (χ1) is 11.9. The number of carbonyl (C=O) groups is 2. The average Bonchev–Trinajstić information content (AvgIpc) is 2.58. The number of nitrogens with one attached hydrogen (secondary N) is 2. The highest BCUT2D eigenvalue weighted by molar-refractivity contribution is 6.05. The largest absolute Gasteiger partial charge is 0.352 e. The number of amides is 2. The van der Waals surface area contributed by atoms with Gasteiger partial charge in [0.05, 0.1) is 0 Å². The molecule has 0 aliphatic carbocycles. The van der Waals surface area contributed by atoms with E-state index in [1.54, 1.807) is 24.3 Å². The Morgan fingerprint density at radius 3 is 2.12 bits per heavy atom. The van der Waals surface area contributed by atoms with Gasteiger partial charge in [0.25, 0.3) is 11.8 Å². The summed E-state index contributed by atoms with van der Waals surface area (Å²) < 4.78 is 0. The van der Waals surface area contributed by atoms with E-state index in [4.69, 9.17) is 0 Å². The van der Waals surface area contributed by atoms with Crippen molar-refractivity contribution in [3.05, 3.63) is 64.7 Å². The molecule has 4 nitrogen and oxygen atoms in total. The minimum atomic E-state index is -0.180. The summed E-state index contributed by atoms with van der Waals surface area (Å²) in [6.07, 6.45) is 0.947. The number of aryl methyl sites for hydroxylation is 1. The Bertz CT molecular complexity index is 749. The van der Waals surface area contributed by atoms with Crippen LogP contribution >= 0.6 is 0 Å². The Balaban J connectivity index is 2.00. The molecule has 0 radical (unpaired) electrons. The number of hydrogen-bond acceptors (Lipinski definition) is 2. The first-order valence-electron chi connectivity index (χ1n) is 8.64. The molecule has 0 aromatic heterocycles. The zero-order chi connectivity index (χ0) is 18.4. The monoisotopic (exact) mass is 338 g/mol. The van der Waals surface area contributed by atoms with E-state index < -0.39 is 0 Å². The van der Waals surface area contributed by atoms with Gasteiger partial charge in [0.15, 0.2) is 0 Å². The van der Waals surface area contributed by atoms with Crippen LogP contribution in [-0.4, -0.2) is 18.4 Å². The molecule has 4 heteroatoms. The van der Waals surface area contributed by atoms with Crippen LogP contribution in [-0.2, 0) is 0 Å². The second-order valence-electron chi connectivity index (χ2n) is 6.72. The third kappa shape index (κ3) is 5.18. The van der Waals surface area contributed by atoms with Crippen LogP contribution in [0.15, 0.2) is 42.5 Å². The van der Waals surface area contributed by atoms with Gasteiger partial charge in [-0.15, -0.1) is 0 Å². The Hall–Kier alpha value is -2.62. The summed E-state index contributed by atoms with van der Waals surface area (Å²) in [6.45, 7) is 8.89. The second kappa shape index (κ2) is 8.47. The predicted molar refractivity (Wildman–Crippen MR) is 102 cm³/mol. The van der Waals surface area contributed by atoms with E-state index >= 15 is 0 Å². The molecule has 0 aliphatic heterocycles. The molecule has 0 unspecified atom stereocenters. The Labute approximate surface area is 149 Å². The summed E-state index contributed by atoms with van der Waals surface area (Å²) in [5.41, 5.74) is 4.08. The first kappa shape index (κ1) is 18.7. The Morgan fingerprint density at radius 1 is 0.920 bits per heavy atom. The zero-order valence-corrected chi connectivity index (χ0v) is 15.3. The molecule has 0 saturated carbocycles. The minimum Gasteiger partial charge on any atom is -0.352 e. The van der Waals surface area contributed by atoms with Gasteiger partial charge in [-0.2, -0.15) is 0 Å². The standard InChI is InChI=1S/C21H26N2O2/c1-14(2)12-13-22-20(24)17-8-10-18(11-9-17)21(25)23-19-7-5-6-15(3)16(19)4/h5-11,14H,12-13H2,1-4H3,(H,22,24)(H,23,25). The summed E-state index contributed by atoms with van der Waals surface area (Å²) in [4.78, 5) is 24.5. The van der Waals surface area contributed by atoms with Crippen LogP contribution in [0.25, 0.3) is 0 Å². The van der Waals surface area contributed by atoms with Gasteiger partial charge in [0.2, 0.25) is 0 Å². The van der Waals surface area contributed by atoms with Crippen LogP contribution in [0.5, 0.6) is 0 Å². The minimum absolute atomic E-state index is 0.109. The highest BCUT2D eigenvalue weighted by atomic mass is 16.2. The predicted octanol–water partition coefficient (Wildman–Crippen LogP) is 4.33. The van der Waals surface area contributed by atoms with Crippen molar-refractivity contribution in [2.45, 2.75) is 34.1 Å². The van der Waals surface area contributed by atoms with E-state index in [0.29, 0.717) is 23.6 Å². The quantitative estimate of drug-likeness (QED) is 0.823. The third-order valence-corrected chi connectivity index (χ3v) is 4.27. The molecular formula is C21H26N2O2. The lowest BCUT2D eigenvalue weighted by molar-refractivity contribution is 0.0950. The van der Waals surface area contributed by atoms with Crippen LogP contribution in [0.1, 0.15) is 52.1 Å². The Morgan fingerprint density at radius 2 is 1.52 bits per heavy atom. The fraction of sp³-hybridized carbons (Fsp3) is 0.333. The van der Waals surface area contributed by atoms with Crippen molar-refractivity contribution >= 4 is 17.5 Å². The lowest BCUT2D eigenvalue weighted by Gasteiger charge is -2.11. The van der Waals surface area contributed by atoms with Crippen molar-refractivity contribution in [2.24, 2.45) is 5.92 Å². The molecule has 2 aromatic carbocycles. The molecule has 25 heavy (non-hydrogen) atoms. The summed E-state index contributed by atoms with van der Waals surface area (Å²) in [5, 5.41) is 5.82. The molecule has 2 amide bonds. The molecule has 0 heterocycles. The van der Waals surface area contributed by atoms with Crippen molar-refractivity contribution in [1.29, 1.82) is 0 Å². The van der Waals surface area contributed by atoms with Crippen LogP contribution in [0.3, 0.4) is 0 Å². The van der Waals surface area contributed by atoms with Crippen LogP contribution in [0.2, 0.25) is 0 Å². The van der Waals surface area contributed by atoms with Gasteiger partial charge in [0.1, 0.15) is 0 Å². The fourth-order valence-electron chi connectivity index (χ4n) is 2.43. The fourth-order valence-corrected chi connectivity index (χ4v) is 2.43. The van der Waals surface area contributed by atoms with E-state index in [2.05, 4.69) is 24.5 Å². The van der Waals surface area contributed by atoms with Gasteiger partial charge in [-0.1, -0.05) is 26.0 Å². The molecule has 2 N–H and O–H groups in total. The summed E-state index contributed by atoms with van der Waals surface area (Å²) in [5.74, 6) is 0.263. The van der Waals surface area contributed by atoms with Gasteiger partial charge in [-0.25, -0.2) is 0 Å². The van der Waals surface area contributed by atoms with Crippen molar-refractivity contribution < 1.29 is 9.59 Å². The normalized spacial score (nSPS) is 10.6. The number of carbonyl (C=O) groups excluding carboxylic acids is 2. The molecular weight excluding hydrogens is 312 g/mol. The van der Waals surface area contributed by atoms with Crippen molar-refractivity contribution in [1.82, 2.24) is 5.32 Å². The number of benzene rings is 2. The molecule has 2 rings (SSSR count). The number of hydrogen-bond donors (Lipinski definition) is 2. The maximum atomic E-state index is 12.4. The van der Waals surface area contributed by atoms with E-state index in [1.807, 2.05) is 32.0 Å². The maximum Gasteiger partial charge on any atom is 0.255 e. The second-order valence-corrected chi connectivity index (χ2v) is 6.72. The number of rotatable bonds is 6. The molecule has 0 aliphatic rings. The van der Waals surface area contributed by atoms with Crippen molar-refractivity contribution in [2.75, 3.05) is 11.9 Å². The van der Waals surface area contributed by atoms with Crippen molar-refractivity contribution in [3.63, 3.8) is 0 Å². The van der Waals surface area contributed by atoms with Gasteiger partial charge in [-0.3, -0.25) is 9.59 Å². The topological polar surface area (TPSA) is 58.2 Å². The smallest absolute Gasteiger partial charge is 0.255 e. The van der Waals surface area contributed by atoms with Crippen LogP contribution in [0, 0.1) is 19.8 Å². The Kier molecular flexibility index (Phi) is 6.34. The lowest BCUT2D eigenvalue weighted by Crippen LogP contribution is -2.25. The molecule has 0 atom stereocenters. The van der Waals surface area contributed by atoms with Crippen LogP contribution in [0.4, 0.5) is 5.69 Å². The summed E-state index contributed by atoms with van der Waals surface area (Å²) >= 11 is 0. The first-order valence-corrected chi connectivity index (χ1v) is 8.64. The maximum absolute atomic E-state index is 12.4. The molecule has 2 aromatic rings. The highest BCUT2D eigenvalue weighted by Gasteiger charge is 2.10. The average molecular weight is 338 g/mol. The van der Waals surface area contributed by atoms with Gasteiger partial charge in [-0.05, 0) is 67.6 Å². The molecule has 0 bridgehead atoms. The van der Waals surface area contributed by atoms with Gasteiger partial charge >= 0.3 is 0 Å². The third-order valence-electron chi connectivity index (χ3n) is 4.27. The summed E-state index contributed by atoms with van der Waals surface area (Å²) in [7, 11) is 0. The highest BCUT2D eigenvalue weighted by Crippen LogP contribution is 2.19. The number of anilines is 1. The van der Waals surface area contributed by atoms with Crippen LogP contribution < -0.4 is 10.6 Å². The van der Waals surface area contributed by atoms with E-state index in [9.17, 15) is 9.59 Å². The molecule has 0 fully saturated rings. The molecule has 0 saturated heterocycles.